The van der Waals surface area contributed by atoms with Gasteiger partial charge in [0.15, 0.2) is 11.5 Å². The smallest absolute Gasteiger partial charge is 0.271 e. The second kappa shape index (κ2) is 8.28. The molecule has 34 heavy (non-hydrogen) atoms. The molecule has 4 heterocycles. The Labute approximate surface area is 201 Å². The van der Waals surface area contributed by atoms with Crippen molar-refractivity contribution in [2.75, 3.05) is 5.32 Å². The Morgan fingerprint density at radius 1 is 1.15 bits per heavy atom. The third-order valence-corrected chi connectivity index (χ3v) is 5.55. The highest BCUT2D eigenvalue weighted by molar-refractivity contribution is 6.37. The number of nitrogens with zero attached hydrogens (tertiary/aromatic N) is 7. The number of carbonyl (C=O) groups is 1. The van der Waals surface area contributed by atoms with Crippen LogP contribution in [0.1, 0.15) is 16.2 Å². The van der Waals surface area contributed by atoms with Crippen LogP contribution < -0.4 is 11.1 Å². The molecule has 0 spiro atoms. The summed E-state index contributed by atoms with van der Waals surface area (Å²) in [4.78, 5) is 20.4. The van der Waals surface area contributed by atoms with Gasteiger partial charge in [-0.05, 0) is 31.2 Å². The first-order chi connectivity index (χ1) is 16.3. The van der Waals surface area contributed by atoms with Crippen LogP contribution in [0.15, 0.2) is 48.8 Å². The van der Waals surface area contributed by atoms with Crippen LogP contribution in [-0.2, 0) is 0 Å². The van der Waals surface area contributed by atoms with E-state index in [1.54, 1.807) is 54.0 Å². The number of nitrogens with two attached hydrogens (primary N) is 1. The monoisotopic (exact) mass is 495 g/mol. The van der Waals surface area contributed by atoms with Gasteiger partial charge in [0, 0.05) is 11.8 Å². The average molecular weight is 496 g/mol. The number of halogens is 2. The topological polar surface area (TPSA) is 149 Å². The minimum atomic E-state index is -0.727. The summed E-state index contributed by atoms with van der Waals surface area (Å²) in [5, 5.41) is 25.8. The molecule has 4 aromatic heterocycles. The fourth-order valence-corrected chi connectivity index (χ4v) is 4.02. The van der Waals surface area contributed by atoms with E-state index >= 15 is 0 Å². The largest absolute Gasteiger partial charge is 0.493 e. The minimum absolute atomic E-state index is 0.00465. The van der Waals surface area contributed by atoms with Crippen molar-refractivity contribution >= 4 is 46.3 Å². The van der Waals surface area contributed by atoms with E-state index in [1.807, 2.05) is 0 Å². The lowest BCUT2D eigenvalue weighted by atomic mass is 10.3. The van der Waals surface area contributed by atoms with Gasteiger partial charge in [-0.2, -0.15) is 10.1 Å². The Balaban J connectivity index is 1.48. The summed E-state index contributed by atoms with van der Waals surface area (Å²) in [5.41, 5.74) is 8.09. The number of hydrogen-bond acceptors (Lipinski definition) is 8. The molecule has 0 atom stereocenters. The van der Waals surface area contributed by atoms with Gasteiger partial charge < -0.3 is 16.2 Å². The molecule has 0 aliphatic rings. The number of nitrogens with one attached hydrogen (secondary N) is 1. The molecule has 1 amide bonds. The molecule has 13 heteroatoms. The van der Waals surface area contributed by atoms with Crippen LogP contribution in [-0.4, -0.2) is 45.4 Å². The summed E-state index contributed by atoms with van der Waals surface area (Å²) < 4.78 is 3.07. The van der Waals surface area contributed by atoms with Gasteiger partial charge >= 0.3 is 0 Å². The molecule has 0 fully saturated rings. The van der Waals surface area contributed by atoms with Crippen molar-refractivity contribution in [2.45, 2.75) is 6.92 Å². The summed E-state index contributed by atoms with van der Waals surface area (Å²) in [6, 6.07) is 10.0. The second-order valence-electron chi connectivity index (χ2n) is 7.24. The normalized spacial score (nSPS) is 11.1. The van der Waals surface area contributed by atoms with Gasteiger partial charge in [0.25, 0.3) is 11.7 Å². The molecule has 1 aromatic carbocycles. The number of amides is 1. The molecule has 5 aromatic rings. The van der Waals surface area contributed by atoms with E-state index in [9.17, 15) is 9.90 Å². The molecule has 0 bridgehead atoms. The lowest BCUT2D eigenvalue weighted by molar-refractivity contribution is 0.0996. The lowest BCUT2D eigenvalue weighted by Crippen LogP contribution is -2.14. The van der Waals surface area contributed by atoms with Gasteiger partial charge in [0.1, 0.15) is 11.4 Å². The molecule has 0 aliphatic carbocycles. The molecule has 170 valence electrons. The lowest BCUT2D eigenvalue weighted by Gasteiger charge is -2.07. The van der Waals surface area contributed by atoms with Crippen LogP contribution in [0.5, 0.6) is 5.88 Å². The van der Waals surface area contributed by atoms with Crippen LogP contribution in [0.3, 0.4) is 0 Å². The van der Waals surface area contributed by atoms with Gasteiger partial charge in [0.05, 0.1) is 33.8 Å². The van der Waals surface area contributed by atoms with Gasteiger partial charge in [-0.15, -0.1) is 10.2 Å². The van der Waals surface area contributed by atoms with E-state index in [0.717, 1.165) is 0 Å². The number of aryl methyl sites for hydroxylation is 1. The van der Waals surface area contributed by atoms with Crippen molar-refractivity contribution in [1.29, 1.82) is 0 Å². The Kier molecular flexibility index (Phi) is 5.27. The number of rotatable bonds is 5. The summed E-state index contributed by atoms with van der Waals surface area (Å²) in [6.45, 7) is 1.80. The summed E-state index contributed by atoms with van der Waals surface area (Å²) in [7, 11) is 0. The van der Waals surface area contributed by atoms with Crippen molar-refractivity contribution in [3.63, 3.8) is 0 Å². The molecular weight excluding hydrogens is 481 g/mol. The number of fused-ring (bicyclic) bond motifs is 1. The van der Waals surface area contributed by atoms with Crippen LogP contribution in [0, 0.1) is 6.92 Å². The van der Waals surface area contributed by atoms with Crippen molar-refractivity contribution in [3.05, 3.63) is 70.2 Å². The number of aromatic hydroxyl groups is 1. The first kappa shape index (κ1) is 21.6. The van der Waals surface area contributed by atoms with Crippen LogP contribution in [0.4, 0.5) is 11.4 Å². The Morgan fingerprint density at radius 3 is 2.59 bits per heavy atom. The fraction of sp³-hybridized carbons (Fsp3) is 0.0476. The maximum absolute atomic E-state index is 12.0. The zero-order valence-corrected chi connectivity index (χ0v) is 18.9. The number of para-hydroxylation sites is 1. The van der Waals surface area contributed by atoms with E-state index in [4.69, 9.17) is 28.9 Å². The third-order valence-electron chi connectivity index (χ3n) is 4.94. The van der Waals surface area contributed by atoms with Crippen LogP contribution in [0.2, 0.25) is 10.0 Å². The number of pyridine rings is 1. The zero-order valence-electron chi connectivity index (χ0n) is 17.4. The minimum Gasteiger partial charge on any atom is -0.493 e. The molecule has 0 radical (unpaired) electrons. The number of benzene rings is 1. The number of anilines is 2. The van der Waals surface area contributed by atoms with Gasteiger partial charge in [-0.1, -0.05) is 29.3 Å². The first-order valence-corrected chi connectivity index (χ1v) is 10.6. The Bertz CT molecular complexity index is 1540. The third kappa shape index (κ3) is 3.76. The van der Waals surface area contributed by atoms with Crippen molar-refractivity contribution in [2.24, 2.45) is 5.73 Å². The van der Waals surface area contributed by atoms with E-state index in [1.165, 1.54) is 10.7 Å². The first-order valence-electron chi connectivity index (χ1n) is 9.81. The van der Waals surface area contributed by atoms with E-state index in [0.29, 0.717) is 44.3 Å². The van der Waals surface area contributed by atoms with Crippen LogP contribution >= 0.6 is 23.2 Å². The van der Waals surface area contributed by atoms with E-state index in [-0.39, 0.29) is 17.4 Å². The molecule has 5 rings (SSSR count). The van der Waals surface area contributed by atoms with Gasteiger partial charge in [-0.3, -0.25) is 14.2 Å². The summed E-state index contributed by atoms with van der Waals surface area (Å²) in [5.74, 6) is -0.144. The number of primary amides is 1. The van der Waals surface area contributed by atoms with Gasteiger partial charge in [0.2, 0.25) is 5.88 Å². The number of hydrogen-bond donors (Lipinski definition) is 3. The molecule has 0 saturated carbocycles. The number of aromatic nitrogens is 7. The molecule has 0 aliphatic heterocycles. The second-order valence-corrected chi connectivity index (χ2v) is 8.06. The van der Waals surface area contributed by atoms with E-state index < -0.39 is 5.91 Å². The highest BCUT2D eigenvalue weighted by Gasteiger charge is 2.19. The summed E-state index contributed by atoms with van der Waals surface area (Å²) in [6.07, 6.45) is 3.12. The predicted molar refractivity (Wildman–Crippen MR) is 126 cm³/mol. The van der Waals surface area contributed by atoms with Crippen molar-refractivity contribution in [3.8, 4) is 23.1 Å². The SMILES string of the molecule is Cc1cc(O)nc2nnc(-c3ccc(Nc4cn(-c5c(Cl)cccc5Cl)nc4C(N)=O)cn3)n12. The van der Waals surface area contributed by atoms with E-state index in [2.05, 4.69) is 30.6 Å². The molecule has 0 saturated heterocycles. The fourth-order valence-electron chi connectivity index (χ4n) is 3.45. The van der Waals surface area contributed by atoms with Crippen molar-refractivity contribution < 1.29 is 9.90 Å². The maximum atomic E-state index is 12.0. The Morgan fingerprint density at radius 2 is 1.91 bits per heavy atom. The molecule has 0 unspecified atom stereocenters. The zero-order chi connectivity index (χ0) is 24.0. The maximum Gasteiger partial charge on any atom is 0.271 e. The predicted octanol–water partition coefficient (Wildman–Crippen LogP) is 3.54. The average Bonchev–Trinajstić information content (AvgIpc) is 3.39. The standard InChI is InChI=1S/C21H15Cl2N9O2/c1-10-7-16(33)27-21-29-28-20(32(10)21)14-6-5-11(8-25-14)26-15-9-31(30-17(15)19(24)34)18-12(22)3-2-4-13(18)23/h2-9,26H,1H3,(H2,24,34)(H,27,29,33). The van der Waals surface area contributed by atoms with Crippen LogP contribution in [0.25, 0.3) is 23.0 Å². The molecule has 4 N–H and O–H groups in total. The summed E-state index contributed by atoms with van der Waals surface area (Å²) >= 11 is 12.5. The van der Waals surface area contributed by atoms with Gasteiger partial charge in [-0.25, -0.2) is 4.68 Å². The molecular formula is C21H15Cl2N9O2. The molecule has 11 nitrogen and oxygen atoms in total. The highest BCUT2D eigenvalue weighted by atomic mass is 35.5. The van der Waals surface area contributed by atoms with Crippen molar-refractivity contribution in [1.82, 2.24) is 34.3 Å². The number of carbonyl (C=O) groups excluding carboxylic acids is 1. The highest BCUT2D eigenvalue weighted by Crippen LogP contribution is 2.30. The quantitative estimate of drug-likeness (QED) is 0.335. The Hall–Kier alpha value is -4.22.